The molecule has 7 nitrogen and oxygen atoms in total. The number of amides is 2. The van der Waals surface area contributed by atoms with Crippen molar-refractivity contribution < 1.29 is 19.4 Å². The quantitative estimate of drug-likeness (QED) is 0.758. The van der Waals surface area contributed by atoms with Crippen LogP contribution < -0.4 is 5.73 Å². The average molecular weight is 285 g/mol. The Labute approximate surface area is 118 Å². The Hall–Kier alpha value is -1.34. The van der Waals surface area contributed by atoms with Crippen LogP contribution in [0.1, 0.15) is 19.8 Å². The van der Waals surface area contributed by atoms with Gasteiger partial charge in [0.1, 0.15) is 5.92 Å². The number of hydrogen-bond donors (Lipinski definition) is 2. The highest BCUT2D eigenvalue weighted by Crippen LogP contribution is 2.22. The van der Waals surface area contributed by atoms with E-state index in [1.807, 2.05) is 6.92 Å². The summed E-state index contributed by atoms with van der Waals surface area (Å²) in [5, 5.41) is 9.21. The largest absolute Gasteiger partial charge is 0.481 e. The van der Waals surface area contributed by atoms with E-state index < -0.39 is 11.9 Å². The number of likely N-dealkylation sites (N-methyl/N-ethyl adjacent to an activating group) is 1. The van der Waals surface area contributed by atoms with Gasteiger partial charge in [-0.1, -0.05) is 0 Å². The van der Waals surface area contributed by atoms with E-state index in [1.165, 1.54) is 0 Å². The van der Waals surface area contributed by atoms with E-state index in [4.69, 9.17) is 10.5 Å². The van der Waals surface area contributed by atoms with Crippen LogP contribution in [0.5, 0.6) is 0 Å². The summed E-state index contributed by atoms with van der Waals surface area (Å²) in [5.41, 5.74) is 5.84. The minimum Gasteiger partial charge on any atom is -0.481 e. The van der Waals surface area contributed by atoms with Crippen molar-refractivity contribution in [3.63, 3.8) is 0 Å². The van der Waals surface area contributed by atoms with Crippen molar-refractivity contribution in [3.8, 4) is 0 Å². The monoisotopic (exact) mass is 285 g/mol. The molecule has 2 heterocycles. The number of urea groups is 1. The molecule has 0 radical (unpaired) electrons. The van der Waals surface area contributed by atoms with E-state index in [2.05, 4.69) is 0 Å². The minimum absolute atomic E-state index is 0.0962. The number of nitrogens with zero attached hydrogens (tertiary/aromatic N) is 2. The van der Waals surface area contributed by atoms with Crippen LogP contribution in [0.4, 0.5) is 4.79 Å². The number of likely N-dealkylation sites (tertiary alicyclic amines) is 1. The number of carbonyl (C=O) groups is 2. The van der Waals surface area contributed by atoms with Gasteiger partial charge >= 0.3 is 12.0 Å². The fourth-order valence-corrected chi connectivity index (χ4v) is 2.87. The third kappa shape index (κ3) is 3.04. The maximum atomic E-state index is 12.6. The third-order valence-electron chi connectivity index (χ3n) is 4.16. The minimum atomic E-state index is -0.903. The highest BCUT2D eigenvalue weighted by Gasteiger charge is 2.40. The van der Waals surface area contributed by atoms with Crippen molar-refractivity contribution in [1.29, 1.82) is 0 Å². The lowest BCUT2D eigenvalue weighted by Gasteiger charge is -2.37. The predicted molar refractivity (Wildman–Crippen MR) is 72.3 cm³/mol. The molecule has 0 spiro atoms. The molecule has 114 valence electrons. The van der Waals surface area contributed by atoms with Gasteiger partial charge in [0.15, 0.2) is 0 Å². The van der Waals surface area contributed by atoms with E-state index in [-0.39, 0.29) is 24.7 Å². The lowest BCUT2D eigenvalue weighted by atomic mass is 10.0. The number of piperidine rings is 1. The van der Waals surface area contributed by atoms with Crippen molar-refractivity contribution in [2.75, 3.05) is 32.8 Å². The first-order valence-electron chi connectivity index (χ1n) is 7.16. The van der Waals surface area contributed by atoms with Crippen LogP contribution in [0.25, 0.3) is 0 Å². The first kappa shape index (κ1) is 15.1. The van der Waals surface area contributed by atoms with Gasteiger partial charge in [-0.25, -0.2) is 4.79 Å². The van der Waals surface area contributed by atoms with E-state index in [1.54, 1.807) is 9.80 Å². The van der Waals surface area contributed by atoms with Crippen molar-refractivity contribution >= 4 is 12.0 Å². The van der Waals surface area contributed by atoms with Gasteiger partial charge in [0.25, 0.3) is 0 Å². The smallest absolute Gasteiger partial charge is 0.320 e. The molecule has 0 aliphatic carbocycles. The molecular weight excluding hydrogens is 262 g/mol. The second kappa shape index (κ2) is 6.41. The topological polar surface area (TPSA) is 96.1 Å². The molecule has 2 unspecified atom stereocenters. The zero-order valence-electron chi connectivity index (χ0n) is 11.8. The molecule has 2 amide bonds. The van der Waals surface area contributed by atoms with Gasteiger partial charge < -0.3 is 25.4 Å². The number of aliphatic carboxylic acids is 1. The maximum absolute atomic E-state index is 12.6. The number of ether oxygens (including phenoxy) is 1. The average Bonchev–Trinajstić information content (AvgIpc) is 2.89. The molecule has 0 saturated carbocycles. The highest BCUT2D eigenvalue weighted by molar-refractivity contribution is 5.77. The molecule has 2 rings (SSSR count). The zero-order chi connectivity index (χ0) is 14.7. The Morgan fingerprint density at radius 3 is 2.55 bits per heavy atom. The maximum Gasteiger partial charge on any atom is 0.320 e. The van der Waals surface area contributed by atoms with E-state index in [0.717, 1.165) is 12.8 Å². The first-order valence-corrected chi connectivity index (χ1v) is 7.16. The number of carbonyl (C=O) groups excluding carboxylic acids is 1. The number of rotatable bonds is 3. The zero-order valence-corrected chi connectivity index (χ0v) is 11.8. The van der Waals surface area contributed by atoms with E-state index in [9.17, 15) is 14.7 Å². The molecule has 0 bridgehead atoms. The number of hydrogen-bond acceptors (Lipinski definition) is 4. The van der Waals surface area contributed by atoms with Gasteiger partial charge in [0.05, 0.1) is 19.3 Å². The van der Waals surface area contributed by atoms with Crippen molar-refractivity contribution in [1.82, 2.24) is 9.80 Å². The number of nitrogens with two attached hydrogens (primary N) is 1. The molecule has 0 aromatic rings. The Balaban J connectivity index is 2.03. The summed E-state index contributed by atoms with van der Waals surface area (Å²) in [4.78, 5) is 27.2. The fourth-order valence-electron chi connectivity index (χ4n) is 2.87. The van der Waals surface area contributed by atoms with Crippen LogP contribution in [0.15, 0.2) is 0 Å². The normalized spacial score (nSPS) is 27.6. The van der Waals surface area contributed by atoms with Gasteiger partial charge in [0, 0.05) is 25.7 Å². The number of carboxylic acid groups (broad SMARTS) is 1. The van der Waals surface area contributed by atoms with Crippen LogP contribution in [0.3, 0.4) is 0 Å². The van der Waals surface area contributed by atoms with Crippen molar-refractivity contribution in [2.24, 2.45) is 11.7 Å². The molecule has 3 N–H and O–H groups in total. The SMILES string of the molecule is CCN(C(=O)N1CCC(N)CC1)C1COCC1C(=O)O. The molecule has 7 heteroatoms. The molecule has 2 fully saturated rings. The second-order valence-corrected chi connectivity index (χ2v) is 5.44. The number of carboxylic acids is 1. The van der Waals surface area contributed by atoms with Gasteiger partial charge in [-0.15, -0.1) is 0 Å². The Morgan fingerprint density at radius 1 is 1.35 bits per heavy atom. The summed E-state index contributed by atoms with van der Waals surface area (Å²) in [7, 11) is 0. The fraction of sp³-hybridized carbons (Fsp3) is 0.846. The van der Waals surface area contributed by atoms with Gasteiger partial charge in [-0.3, -0.25) is 4.79 Å². The third-order valence-corrected chi connectivity index (χ3v) is 4.16. The first-order chi connectivity index (χ1) is 9.54. The van der Waals surface area contributed by atoms with Crippen LogP contribution in [0, 0.1) is 5.92 Å². The van der Waals surface area contributed by atoms with E-state index >= 15 is 0 Å². The Kier molecular flexibility index (Phi) is 4.82. The standard InChI is InChI=1S/C13H23N3O4/c1-2-16(11-8-20-7-10(11)12(17)18)13(19)15-5-3-9(14)4-6-15/h9-11H,2-8,14H2,1H3,(H,17,18). The lowest BCUT2D eigenvalue weighted by Crippen LogP contribution is -2.54. The molecule has 2 atom stereocenters. The summed E-state index contributed by atoms with van der Waals surface area (Å²) in [6.07, 6.45) is 1.60. The molecule has 20 heavy (non-hydrogen) atoms. The van der Waals surface area contributed by atoms with Crippen LogP contribution in [0.2, 0.25) is 0 Å². The van der Waals surface area contributed by atoms with Crippen LogP contribution in [-0.4, -0.2) is 71.8 Å². The lowest BCUT2D eigenvalue weighted by molar-refractivity contribution is -0.142. The highest BCUT2D eigenvalue weighted by atomic mass is 16.5. The molecule has 2 saturated heterocycles. The van der Waals surface area contributed by atoms with Crippen molar-refractivity contribution in [3.05, 3.63) is 0 Å². The van der Waals surface area contributed by atoms with Gasteiger partial charge in [-0.2, -0.15) is 0 Å². The second-order valence-electron chi connectivity index (χ2n) is 5.44. The molecular formula is C13H23N3O4. The van der Waals surface area contributed by atoms with Crippen LogP contribution >= 0.6 is 0 Å². The van der Waals surface area contributed by atoms with Gasteiger partial charge in [-0.05, 0) is 19.8 Å². The Morgan fingerprint density at radius 2 is 2.00 bits per heavy atom. The van der Waals surface area contributed by atoms with Gasteiger partial charge in [0.2, 0.25) is 0 Å². The molecule has 2 aliphatic rings. The van der Waals surface area contributed by atoms with Crippen molar-refractivity contribution in [2.45, 2.75) is 31.8 Å². The summed E-state index contributed by atoms with van der Waals surface area (Å²) >= 11 is 0. The molecule has 0 aromatic heterocycles. The molecule has 2 aliphatic heterocycles. The Bertz CT molecular complexity index is 369. The molecule has 0 aromatic carbocycles. The van der Waals surface area contributed by atoms with Crippen LogP contribution in [-0.2, 0) is 9.53 Å². The summed E-state index contributed by atoms with van der Waals surface area (Å²) in [6.45, 7) is 4.10. The summed E-state index contributed by atoms with van der Waals surface area (Å²) < 4.78 is 5.26. The summed E-state index contributed by atoms with van der Waals surface area (Å²) in [6, 6.07) is -0.308. The predicted octanol–water partition coefficient (Wildman–Crippen LogP) is -0.0490. The summed E-state index contributed by atoms with van der Waals surface area (Å²) in [5.74, 6) is -1.54. The van der Waals surface area contributed by atoms with E-state index in [0.29, 0.717) is 26.2 Å².